The molecular weight excluding hydrogens is 126 g/mol. The summed E-state index contributed by atoms with van der Waals surface area (Å²) in [5.41, 5.74) is 1.01. The second-order valence-corrected chi connectivity index (χ2v) is 2.09. The normalized spacial score (nSPS) is 11.3. The molecule has 0 spiro atoms. The predicted molar refractivity (Wildman–Crippen MR) is 42.7 cm³/mol. The summed E-state index contributed by atoms with van der Waals surface area (Å²) < 4.78 is 0. The minimum Gasteiger partial charge on any atom is -0.391 e. The van der Waals surface area contributed by atoms with Gasteiger partial charge in [0.05, 0.1) is 0 Å². The number of allylic oxidation sites excluding steroid dienone is 2. The Morgan fingerprint density at radius 1 is 1.40 bits per heavy atom. The van der Waals surface area contributed by atoms with Crippen molar-refractivity contribution in [3.05, 3.63) is 11.8 Å². The van der Waals surface area contributed by atoms with Crippen molar-refractivity contribution >= 4 is 5.78 Å². The van der Waals surface area contributed by atoms with E-state index in [0.717, 1.165) is 12.1 Å². The van der Waals surface area contributed by atoms with E-state index in [1.807, 2.05) is 20.9 Å². The van der Waals surface area contributed by atoms with Crippen LogP contribution in [0.1, 0.15) is 26.7 Å². The van der Waals surface area contributed by atoms with Crippen molar-refractivity contribution in [3.8, 4) is 0 Å². The summed E-state index contributed by atoms with van der Waals surface area (Å²) in [4.78, 5) is 10.8. The third kappa shape index (κ3) is 3.28. The summed E-state index contributed by atoms with van der Waals surface area (Å²) in [5, 5.41) is 2.96. The first-order chi connectivity index (χ1) is 4.74. The summed E-state index contributed by atoms with van der Waals surface area (Å²) in [6.45, 7) is 3.88. The minimum absolute atomic E-state index is 0.186. The van der Waals surface area contributed by atoms with Crippen molar-refractivity contribution in [2.45, 2.75) is 26.7 Å². The number of nitrogens with one attached hydrogen (secondary N) is 1. The van der Waals surface area contributed by atoms with Gasteiger partial charge in [0, 0.05) is 19.2 Å². The van der Waals surface area contributed by atoms with Crippen LogP contribution >= 0.6 is 0 Å². The van der Waals surface area contributed by atoms with Gasteiger partial charge in [-0.3, -0.25) is 4.79 Å². The SMILES string of the molecule is CCC(=O)/C=C(/CC)NC. The third-order valence-corrected chi connectivity index (χ3v) is 1.39. The molecule has 2 heteroatoms. The Kier molecular flexibility index (Phi) is 4.63. The molecule has 0 heterocycles. The molecule has 0 saturated carbocycles. The molecule has 10 heavy (non-hydrogen) atoms. The van der Waals surface area contributed by atoms with Crippen molar-refractivity contribution in [2.24, 2.45) is 0 Å². The van der Waals surface area contributed by atoms with Crippen molar-refractivity contribution in [1.29, 1.82) is 0 Å². The van der Waals surface area contributed by atoms with Crippen LogP contribution in [0.4, 0.5) is 0 Å². The molecule has 0 atom stereocenters. The lowest BCUT2D eigenvalue weighted by atomic mass is 10.2. The molecule has 0 aromatic carbocycles. The molecular formula is C8H15NO. The molecule has 0 rings (SSSR count). The smallest absolute Gasteiger partial charge is 0.157 e. The van der Waals surface area contributed by atoms with Crippen LogP contribution in [0, 0.1) is 0 Å². The summed E-state index contributed by atoms with van der Waals surface area (Å²) in [7, 11) is 1.83. The number of carbonyl (C=O) groups is 1. The molecule has 0 bridgehead atoms. The average Bonchev–Trinajstić information content (AvgIpc) is 1.99. The first-order valence-corrected chi connectivity index (χ1v) is 3.65. The summed E-state index contributed by atoms with van der Waals surface area (Å²) in [6.07, 6.45) is 3.15. The van der Waals surface area contributed by atoms with E-state index in [2.05, 4.69) is 5.32 Å². The fourth-order valence-electron chi connectivity index (χ4n) is 0.647. The fourth-order valence-corrected chi connectivity index (χ4v) is 0.647. The van der Waals surface area contributed by atoms with Gasteiger partial charge in [0.25, 0.3) is 0 Å². The Morgan fingerprint density at radius 3 is 2.30 bits per heavy atom. The molecule has 0 amide bonds. The maximum atomic E-state index is 10.8. The zero-order chi connectivity index (χ0) is 7.98. The number of carbonyl (C=O) groups excluding carboxylic acids is 1. The first kappa shape index (κ1) is 9.21. The summed E-state index contributed by atoms with van der Waals surface area (Å²) in [5.74, 6) is 0.186. The Labute approximate surface area is 62.3 Å². The molecule has 0 aliphatic rings. The van der Waals surface area contributed by atoms with E-state index < -0.39 is 0 Å². The highest BCUT2D eigenvalue weighted by molar-refractivity contribution is 5.89. The van der Waals surface area contributed by atoms with Gasteiger partial charge in [-0.2, -0.15) is 0 Å². The maximum absolute atomic E-state index is 10.8. The highest BCUT2D eigenvalue weighted by atomic mass is 16.1. The highest BCUT2D eigenvalue weighted by Gasteiger charge is 1.94. The Hall–Kier alpha value is -0.790. The number of hydrogen-bond acceptors (Lipinski definition) is 2. The van der Waals surface area contributed by atoms with E-state index in [1.54, 1.807) is 6.08 Å². The van der Waals surface area contributed by atoms with Crippen molar-refractivity contribution < 1.29 is 4.79 Å². The molecule has 58 valence electrons. The van der Waals surface area contributed by atoms with E-state index in [4.69, 9.17) is 0 Å². The van der Waals surface area contributed by atoms with Gasteiger partial charge >= 0.3 is 0 Å². The molecule has 0 fully saturated rings. The first-order valence-electron chi connectivity index (χ1n) is 3.65. The van der Waals surface area contributed by atoms with Gasteiger partial charge in [-0.1, -0.05) is 13.8 Å². The topological polar surface area (TPSA) is 29.1 Å². The van der Waals surface area contributed by atoms with Gasteiger partial charge in [0.15, 0.2) is 5.78 Å². The maximum Gasteiger partial charge on any atom is 0.157 e. The number of hydrogen-bond donors (Lipinski definition) is 1. The van der Waals surface area contributed by atoms with E-state index in [0.29, 0.717) is 6.42 Å². The lowest BCUT2D eigenvalue weighted by Crippen LogP contribution is -2.06. The van der Waals surface area contributed by atoms with Gasteiger partial charge in [0.1, 0.15) is 0 Å². The van der Waals surface area contributed by atoms with Crippen LogP contribution < -0.4 is 5.32 Å². The molecule has 0 aromatic heterocycles. The lowest BCUT2D eigenvalue weighted by Gasteiger charge is -2.00. The van der Waals surface area contributed by atoms with Crippen LogP contribution in [-0.4, -0.2) is 12.8 Å². The standard InChI is InChI=1S/C8H15NO/c1-4-7(9-3)6-8(10)5-2/h6,9H,4-5H2,1-3H3/b7-6-. The molecule has 1 N–H and O–H groups in total. The van der Waals surface area contributed by atoms with Crippen LogP contribution in [0.25, 0.3) is 0 Å². The Balaban J connectivity index is 3.96. The Bertz CT molecular complexity index is 132. The van der Waals surface area contributed by atoms with Crippen LogP contribution in [0.2, 0.25) is 0 Å². The van der Waals surface area contributed by atoms with Gasteiger partial charge in [-0.05, 0) is 12.5 Å². The summed E-state index contributed by atoms with van der Waals surface area (Å²) >= 11 is 0. The molecule has 2 nitrogen and oxygen atoms in total. The van der Waals surface area contributed by atoms with Gasteiger partial charge in [-0.25, -0.2) is 0 Å². The zero-order valence-corrected chi connectivity index (χ0v) is 6.90. The Morgan fingerprint density at radius 2 is 2.00 bits per heavy atom. The van der Waals surface area contributed by atoms with Crippen LogP contribution in [0.15, 0.2) is 11.8 Å². The van der Waals surface area contributed by atoms with E-state index >= 15 is 0 Å². The number of rotatable bonds is 4. The molecule has 0 aliphatic carbocycles. The minimum atomic E-state index is 0.186. The largest absolute Gasteiger partial charge is 0.391 e. The second kappa shape index (κ2) is 5.03. The molecule has 0 aliphatic heterocycles. The van der Waals surface area contributed by atoms with Gasteiger partial charge in [0.2, 0.25) is 0 Å². The number of ketones is 1. The van der Waals surface area contributed by atoms with Gasteiger partial charge < -0.3 is 5.32 Å². The zero-order valence-electron chi connectivity index (χ0n) is 6.90. The van der Waals surface area contributed by atoms with Crippen LogP contribution in [0.3, 0.4) is 0 Å². The fraction of sp³-hybridized carbons (Fsp3) is 0.625. The lowest BCUT2D eigenvalue weighted by molar-refractivity contribution is -0.114. The van der Waals surface area contributed by atoms with Crippen LogP contribution in [-0.2, 0) is 4.79 Å². The predicted octanol–water partition coefficient (Wildman–Crippen LogP) is 1.48. The molecule has 0 radical (unpaired) electrons. The second-order valence-electron chi connectivity index (χ2n) is 2.09. The van der Waals surface area contributed by atoms with Crippen LogP contribution in [0.5, 0.6) is 0 Å². The average molecular weight is 141 g/mol. The molecule has 0 aromatic rings. The van der Waals surface area contributed by atoms with E-state index in [-0.39, 0.29) is 5.78 Å². The van der Waals surface area contributed by atoms with Crippen molar-refractivity contribution in [1.82, 2.24) is 5.32 Å². The molecule has 0 unspecified atom stereocenters. The monoisotopic (exact) mass is 141 g/mol. The van der Waals surface area contributed by atoms with E-state index in [9.17, 15) is 4.79 Å². The third-order valence-electron chi connectivity index (χ3n) is 1.39. The molecule has 0 saturated heterocycles. The quantitative estimate of drug-likeness (QED) is 0.601. The summed E-state index contributed by atoms with van der Waals surface area (Å²) in [6, 6.07) is 0. The van der Waals surface area contributed by atoms with Crippen molar-refractivity contribution in [2.75, 3.05) is 7.05 Å². The van der Waals surface area contributed by atoms with Crippen molar-refractivity contribution in [3.63, 3.8) is 0 Å². The highest BCUT2D eigenvalue weighted by Crippen LogP contribution is 1.95. The van der Waals surface area contributed by atoms with E-state index in [1.165, 1.54) is 0 Å². The van der Waals surface area contributed by atoms with Gasteiger partial charge in [-0.15, -0.1) is 0 Å².